The molecule has 0 radical (unpaired) electrons. The summed E-state index contributed by atoms with van der Waals surface area (Å²) in [6, 6.07) is 7.80. The summed E-state index contributed by atoms with van der Waals surface area (Å²) in [5.74, 6) is 2.27. The summed E-state index contributed by atoms with van der Waals surface area (Å²) >= 11 is 6.04. The van der Waals surface area contributed by atoms with E-state index in [9.17, 15) is 0 Å². The van der Waals surface area contributed by atoms with Crippen LogP contribution in [0.25, 0.3) is 0 Å². The Hall–Kier alpha value is -1.62. The monoisotopic (exact) mass is 399 g/mol. The van der Waals surface area contributed by atoms with E-state index in [-0.39, 0.29) is 17.8 Å². The topological polar surface area (TPSA) is 40.6 Å². The molecule has 2 aliphatic heterocycles. The van der Waals surface area contributed by atoms with Crippen LogP contribution in [0.3, 0.4) is 0 Å². The van der Waals surface area contributed by atoms with Crippen LogP contribution >= 0.6 is 11.6 Å². The molecule has 0 amide bonds. The first kappa shape index (κ1) is 18.4. The van der Waals surface area contributed by atoms with Crippen LogP contribution in [0.5, 0.6) is 5.75 Å². The Morgan fingerprint density at radius 3 is 2.46 bits per heavy atom. The molecule has 1 aromatic heterocycles. The van der Waals surface area contributed by atoms with E-state index in [4.69, 9.17) is 25.8 Å². The third-order valence-corrected chi connectivity index (χ3v) is 7.13. The molecule has 4 unspecified atom stereocenters. The summed E-state index contributed by atoms with van der Waals surface area (Å²) in [6.07, 6.45) is 3.95. The van der Waals surface area contributed by atoms with Crippen LogP contribution in [0.1, 0.15) is 55.2 Å². The Morgan fingerprint density at radius 2 is 1.82 bits per heavy atom. The smallest absolute Gasteiger partial charge is 0.207 e. The van der Waals surface area contributed by atoms with Gasteiger partial charge < -0.3 is 14.2 Å². The van der Waals surface area contributed by atoms with Crippen molar-refractivity contribution >= 4 is 11.6 Å². The van der Waals surface area contributed by atoms with E-state index in [1.54, 1.807) is 0 Å². The molecule has 5 heteroatoms. The largest absolute Gasteiger partial charge is 0.462 e. The minimum atomic E-state index is -0.179. The number of hydrogen-bond acceptors (Lipinski definition) is 4. The number of rotatable bonds is 3. The summed E-state index contributed by atoms with van der Waals surface area (Å²) in [4.78, 5) is 4.61. The highest BCUT2D eigenvalue weighted by molar-refractivity contribution is 6.30. The van der Waals surface area contributed by atoms with Crippen LogP contribution in [0.15, 0.2) is 30.5 Å². The third-order valence-electron chi connectivity index (χ3n) is 6.87. The van der Waals surface area contributed by atoms with Gasteiger partial charge in [0, 0.05) is 22.3 Å². The first-order valence-corrected chi connectivity index (χ1v) is 10.5. The van der Waals surface area contributed by atoms with Crippen molar-refractivity contribution < 1.29 is 14.2 Å². The number of pyridine rings is 1. The maximum atomic E-state index is 6.48. The fourth-order valence-electron chi connectivity index (χ4n) is 5.09. The van der Waals surface area contributed by atoms with Crippen LogP contribution in [-0.4, -0.2) is 17.9 Å². The van der Waals surface area contributed by atoms with E-state index in [0.717, 1.165) is 39.8 Å². The van der Waals surface area contributed by atoms with Crippen molar-refractivity contribution in [3.63, 3.8) is 0 Å². The van der Waals surface area contributed by atoms with Crippen molar-refractivity contribution in [1.82, 2.24) is 4.98 Å². The SMILES string of the molecule is Cc1ncc2c(c1OC1OCC13CC(C)C(C)C3)COC2c1ccc(Cl)cc1. The van der Waals surface area contributed by atoms with Gasteiger partial charge in [0.1, 0.15) is 11.9 Å². The number of hydrogen-bond donors (Lipinski definition) is 0. The van der Waals surface area contributed by atoms with Crippen LogP contribution in [0, 0.1) is 24.2 Å². The molecule has 0 bridgehead atoms. The molecule has 1 saturated carbocycles. The maximum Gasteiger partial charge on any atom is 0.207 e. The van der Waals surface area contributed by atoms with Crippen LogP contribution in [0.2, 0.25) is 5.02 Å². The predicted octanol–water partition coefficient (Wildman–Crippen LogP) is 5.45. The fraction of sp³-hybridized carbons (Fsp3) is 0.522. The number of halogens is 1. The summed E-state index contributed by atoms with van der Waals surface area (Å²) in [5, 5.41) is 0.723. The number of ether oxygens (including phenoxy) is 3. The molecule has 3 aliphatic rings. The minimum absolute atomic E-state index is 0.134. The van der Waals surface area contributed by atoms with Gasteiger partial charge in [-0.05, 0) is 49.3 Å². The van der Waals surface area contributed by atoms with E-state index in [1.807, 2.05) is 37.4 Å². The number of aromatic nitrogens is 1. The first-order valence-electron chi connectivity index (χ1n) is 10.1. The Morgan fingerprint density at radius 1 is 1.11 bits per heavy atom. The lowest BCUT2D eigenvalue weighted by Gasteiger charge is -2.46. The second kappa shape index (κ2) is 6.72. The van der Waals surface area contributed by atoms with Gasteiger partial charge in [-0.3, -0.25) is 4.98 Å². The van der Waals surface area contributed by atoms with Gasteiger partial charge in [-0.1, -0.05) is 37.6 Å². The number of aryl methyl sites for hydroxylation is 1. The minimum Gasteiger partial charge on any atom is -0.462 e. The van der Waals surface area contributed by atoms with Crippen molar-refractivity contribution in [3.8, 4) is 5.75 Å². The second-order valence-electron chi connectivity index (χ2n) is 8.84. The predicted molar refractivity (Wildman–Crippen MR) is 107 cm³/mol. The first-order chi connectivity index (χ1) is 13.5. The molecule has 28 heavy (non-hydrogen) atoms. The molecule has 1 aliphatic carbocycles. The molecule has 0 N–H and O–H groups in total. The zero-order chi connectivity index (χ0) is 19.5. The molecular formula is C23H26ClNO3. The number of nitrogens with zero attached hydrogens (tertiary/aromatic N) is 1. The lowest BCUT2D eigenvalue weighted by Crippen LogP contribution is -2.53. The molecule has 2 aromatic rings. The molecule has 5 rings (SSSR count). The number of fused-ring (bicyclic) bond motifs is 1. The van der Waals surface area contributed by atoms with Gasteiger partial charge >= 0.3 is 0 Å². The highest BCUT2D eigenvalue weighted by atomic mass is 35.5. The van der Waals surface area contributed by atoms with Crippen LogP contribution in [-0.2, 0) is 16.1 Å². The molecule has 4 atom stereocenters. The zero-order valence-electron chi connectivity index (χ0n) is 16.6. The Balaban J connectivity index is 1.43. The molecule has 1 spiro atoms. The molecular weight excluding hydrogens is 374 g/mol. The maximum absolute atomic E-state index is 6.48. The second-order valence-corrected chi connectivity index (χ2v) is 9.27. The average Bonchev–Trinajstić information content (AvgIpc) is 3.23. The Kier molecular flexibility index (Phi) is 4.42. The van der Waals surface area contributed by atoms with Gasteiger partial charge in [-0.2, -0.15) is 0 Å². The van der Waals surface area contributed by atoms with Crippen molar-refractivity contribution in [3.05, 3.63) is 57.9 Å². The van der Waals surface area contributed by atoms with Gasteiger partial charge in [-0.25, -0.2) is 0 Å². The third kappa shape index (κ3) is 2.85. The van der Waals surface area contributed by atoms with E-state index in [0.29, 0.717) is 18.4 Å². The average molecular weight is 400 g/mol. The fourth-order valence-corrected chi connectivity index (χ4v) is 5.21. The van der Waals surface area contributed by atoms with Gasteiger partial charge in [0.05, 0.1) is 24.3 Å². The lowest BCUT2D eigenvalue weighted by molar-refractivity contribution is -0.273. The zero-order valence-corrected chi connectivity index (χ0v) is 17.3. The van der Waals surface area contributed by atoms with Crippen molar-refractivity contribution in [2.45, 2.75) is 52.6 Å². The van der Waals surface area contributed by atoms with Crippen molar-refractivity contribution in [1.29, 1.82) is 0 Å². The standard InChI is InChI=1S/C23H26ClNO3/c1-13-8-23(9-14(13)2)12-27-22(23)28-20-15(3)25-10-18-19(20)11-26-21(18)16-4-6-17(24)7-5-16/h4-7,10,13-14,21-22H,8-9,11-12H2,1-3H3. The van der Waals surface area contributed by atoms with E-state index in [2.05, 4.69) is 18.8 Å². The number of benzene rings is 1. The Bertz CT molecular complexity index is 887. The van der Waals surface area contributed by atoms with Gasteiger partial charge in [0.25, 0.3) is 0 Å². The molecule has 4 nitrogen and oxygen atoms in total. The molecule has 2 fully saturated rings. The molecule has 3 heterocycles. The lowest BCUT2D eigenvalue weighted by atomic mass is 9.81. The van der Waals surface area contributed by atoms with Crippen molar-refractivity contribution in [2.24, 2.45) is 17.3 Å². The summed E-state index contributed by atoms with van der Waals surface area (Å²) in [6.45, 7) is 8.00. The molecule has 1 saturated heterocycles. The summed E-state index contributed by atoms with van der Waals surface area (Å²) in [5.41, 5.74) is 4.29. The van der Waals surface area contributed by atoms with E-state index >= 15 is 0 Å². The van der Waals surface area contributed by atoms with E-state index in [1.165, 1.54) is 12.8 Å². The van der Waals surface area contributed by atoms with Crippen LogP contribution < -0.4 is 4.74 Å². The summed E-state index contributed by atoms with van der Waals surface area (Å²) in [7, 11) is 0. The normalized spacial score (nSPS) is 33.7. The van der Waals surface area contributed by atoms with E-state index < -0.39 is 0 Å². The quantitative estimate of drug-likeness (QED) is 0.688. The highest BCUT2D eigenvalue weighted by Gasteiger charge is 2.56. The van der Waals surface area contributed by atoms with Crippen molar-refractivity contribution in [2.75, 3.05) is 6.61 Å². The highest BCUT2D eigenvalue weighted by Crippen LogP contribution is 2.54. The van der Waals surface area contributed by atoms with Gasteiger partial charge in [-0.15, -0.1) is 0 Å². The molecule has 148 valence electrons. The Labute approximate surface area is 171 Å². The summed E-state index contributed by atoms with van der Waals surface area (Å²) < 4.78 is 18.5. The van der Waals surface area contributed by atoms with Gasteiger partial charge in [0.2, 0.25) is 6.29 Å². The van der Waals surface area contributed by atoms with Gasteiger partial charge in [0.15, 0.2) is 0 Å². The molecule has 1 aromatic carbocycles. The van der Waals surface area contributed by atoms with Crippen LogP contribution in [0.4, 0.5) is 0 Å².